The summed E-state index contributed by atoms with van der Waals surface area (Å²) in [5.74, 6) is 1.50. The van der Waals surface area contributed by atoms with Gasteiger partial charge in [0, 0.05) is 6.54 Å². The van der Waals surface area contributed by atoms with Gasteiger partial charge in [-0.25, -0.2) is 0 Å². The summed E-state index contributed by atoms with van der Waals surface area (Å²) in [6, 6.07) is 0. The van der Waals surface area contributed by atoms with Crippen molar-refractivity contribution in [1.29, 1.82) is 0 Å². The minimum atomic E-state index is 0.698. The highest BCUT2D eigenvalue weighted by molar-refractivity contribution is 4.79. The predicted octanol–water partition coefficient (Wildman–Crippen LogP) is 1.29. The minimum absolute atomic E-state index is 0.698. The van der Waals surface area contributed by atoms with Gasteiger partial charge in [0.05, 0.1) is 0 Å². The van der Waals surface area contributed by atoms with Gasteiger partial charge in [0.2, 0.25) is 0 Å². The number of nitrogens with zero attached hydrogens (tertiary/aromatic N) is 1. The van der Waals surface area contributed by atoms with Crippen molar-refractivity contribution >= 4 is 0 Å². The fourth-order valence-electron chi connectivity index (χ4n) is 2.74. The zero-order valence-corrected chi connectivity index (χ0v) is 11.0. The van der Waals surface area contributed by atoms with Crippen molar-refractivity contribution in [2.45, 2.75) is 33.1 Å². The van der Waals surface area contributed by atoms with Gasteiger partial charge in [0.25, 0.3) is 0 Å². The van der Waals surface area contributed by atoms with Gasteiger partial charge in [-0.1, -0.05) is 13.8 Å². The number of nitrogens with one attached hydrogen (secondary N) is 1. The molecule has 2 unspecified atom stereocenters. The largest absolute Gasteiger partial charge is 0.330 e. The molecule has 0 aromatic carbocycles. The van der Waals surface area contributed by atoms with Gasteiger partial charge in [-0.3, -0.25) is 0 Å². The first-order chi connectivity index (χ1) is 7.80. The summed E-state index contributed by atoms with van der Waals surface area (Å²) >= 11 is 0. The maximum Gasteiger partial charge on any atom is 0.00219 e. The molecule has 3 N–H and O–H groups in total. The summed E-state index contributed by atoms with van der Waals surface area (Å²) in [7, 11) is 0. The Labute approximate surface area is 101 Å². The Hall–Kier alpha value is -0.120. The average molecular weight is 227 g/mol. The van der Waals surface area contributed by atoms with E-state index in [1.165, 1.54) is 45.4 Å². The van der Waals surface area contributed by atoms with Crippen LogP contribution in [0.3, 0.4) is 0 Å². The van der Waals surface area contributed by atoms with Gasteiger partial charge in [-0.2, -0.15) is 0 Å². The van der Waals surface area contributed by atoms with Crippen molar-refractivity contribution in [2.24, 2.45) is 17.6 Å². The van der Waals surface area contributed by atoms with Crippen LogP contribution in [0.1, 0.15) is 33.1 Å². The van der Waals surface area contributed by atoms with E-state index in [-0.39, 0.29) is 0 Å². The van der Waals surface area contributed by atoms with Crippen LogP contribution in [0.5, 0.6) is 0 Å². The molecule has 0 saturated carbocycles. The predicted molar refractivity (Wildman–Crippen MR) is 70.5 cm³/mol. The Bertz CT molecular complexity index is 167. The lowest BCUT2D eigenvalue weighted by atomic mass is 9.90. The molecular weight excluding hydrogens is 198 g/mol. The lowest BCUT2D eigenvalue weighted by Gasteiger charge is -2.33. The molecule has 1 fully saturated rings. The second-order valence-electron chi connectivity index (χ2n) is 5.16. The molecule has 1 heterocycles. The summed E-state index contributed by atoms with van der Waals surface area (Å²) in [5, 5.41) is 3.52. The van der Waals surface area contributed by atoms with Crippen molar-refractivity contribution in [1.82, 2.24) is 10.2 Å². The highest BCUT2D eigenvalue weighted by atomic mass is 15.1. The molecule has 1 aliphatic rings. The summed E-state index contributed by atoms with van der Waals surface area (Å²) in [6.45, 7) is 11.4. The molecule has 0 amide bonds. The molecule has 0 aromatic heterocycles. The average Bonchev–Trinajstić information content (AvgIpc) is 2.30. The monoisotopic (exact) mass is 227 g/mol. The number of nitrogens with two attached hydrogens (primary N) is 1. The second-order valence-corrected chi connectivity index (χ2v) is 5.16. The van der Waals surface area contributed by atoms with Crippen LogP contribution < -0.4 is 11.1 Å². The third-order valence-electron chi connectivity index (χ3n) is 3.46. The van der Waals surface area contributed by atoms with Crippen LogP contribution in [0.4, 0.5) is 0 Å². The van der Waals surface area contributed by atoms with E-state index in [2.05, 4.69) is 24.1 Å². The smallest absolute Gasteiger partial charge is 0.00219 e. The fraction of sp³-hybridized carbons (Fsp3) is 1.00. The molecule has 96 valence electrons. The Morgan fingerprint density at radius 1 is 1.12 bits per heavy atom. The second kappa shape index (κ2) is 8.04. The molecule has 0 spiro atoms. The summed E-state index contributed by atoms with van der Waals surface area (Å²) in [4.78, 5) is 2.62. The van der Waals surface area contributed by atoms with Crippen molar-refractivity contribution in [3.63, 3.8) is 0 Å². The third kappa shape index (κ3) is 4.81. The van der Waals surface area contributed by atoms with E-state index in [1.807, 2.05) is 0 Å². The zero-order valence-electron chi connectivity index (χ0n) is 11.0. The minimum Gasteiger partial charge on any atom is -0.330 e. The standard InChI is InChI=1S/C13H29N3/c1-3-5-16(6-4-2)11-13-7-12(8-14)9-15-10-13/h12-13,15H,3-11,14H2,1-2H3. The number of rotatable bonds is 7. The van der Waals surface area contributed by atoms with Gasteiger partial charge in [0.1, 0.15) is 0 Å². The maximum atomic E-state index is 5.76. The van der Waals surface area contributed by atoms with Crippen LogP contribution in [0.2, 0.25) is 0 Å². The molecule has 16 heavy (non-hydrogen) atoms. The molecule has 0 radical (unpaired) electrons. The van der Waals surface area contributed by atoms with E-state index < -0.39 is 0 Å². The lowest BCUT2D eigenvalue weighted by Crippen LogP contribution is -2.44. The number of hydrogen-bond donors (Lipinski definition) is 2. The topological polar surface area (TPSA) is 41.3 Å². The summed E-state index contributed by atoms with van der Waals surface area (Å²) in [6.07, 6.45) is 3.84. The van der Waals surface area contributed by atoms with Gasteiger partial charge in [0.15, 0.2) is 0 Å². The van der Waals surface area contributed by atoms with Crippen molar-refractivity contribution < 1.29 is 0 Å². The molecule has 1 saturated heterocycles. The van der Waals surface area contributed by atoms with E-state index in [0.717, 1.165) is 19.0 Å². The number of hydrogen-bond acceptors (Lipinski definition) is 3. The van der Waals surface area contributed by atoms with Crippen molar-refractivity contribution in [3.8, 4) is 0 Å². The van der Waals surface area contributed by atoms with Gasteiger partial charge < -0.3 is 16.0 Å². The Balaban J connectivity index is 2.31. The van der Waals surface area contributed by atoms with Crippen LogP contribution in [0.15, 0.2) is 0 Å². The highest BCUT2D eigenvalue weighted by Gasteiger charge is 2.22. The SMILES string of the molecule is CCCN(CCC)CC1CNCC(CN)C1. The van der Waals surface area contributed by atoms with Crippen LogP contribution >= 0.6 is 0 Å². The van der Waals surface area contributed by atoms with Crippen LogP contribution in [-0.4, -0.2) is 44.2 Å². The first-order valence-corrected chi connectivity index (χ1v) is 6.93. The Morgan fingerprint density at radius 3 is 2.31 bits per heavy atom. The zero-order chi connectivity index (χ0) is 11.8. The molecule has 0 bridgehead atoms. The number of piperidine rings is 1. The maximum absolute atomic E-state index is 5.76. The van der Waals surface area contributed by atoms with E-state index in [0.29, 0.717) is 5.92 Å². The molecule has 0 aliphatic carbocycles. The Kier molecular flexibility index (Phi) is 7.01. The Morgan fingerprint density at radius 2 is 1.75 bits per heavy atom. The van der Waals surface area contributed by atoms with Crippen LogP contribution in [-0.2, 0) is 0 Å². The van der Waals surface area contributed by atoms with Gasteiger partial charge >= 0.3 is 0 Å². The highest BCUT2D eigenvalue weighted by Crippen LogP contribution is 2.17. The van der Waals surface area contributed by atoms with E-state index in [4.69, 9.17) is 5.73 Å². The molecule has 2 atom stereocenters. The van der Waals surface area contributed by atoms with Crippen LogP contribution in [0, 0.1) is 11.8 Å². The summed E-state index contributed by atoms with van der Waals surface area (Å²) < 4.78 is 0. The quantitative estimate of drug-likeness (QED) is 0.689. The van der Waals surface area contributed by atoms with Crippen LogP contribution in [0.25, 0.3) is 0 Å². The van der Waals surface area contributed by atoms with Gasteiger partial charge in [-0.15, -0.1) is 0 Å². The molecule has 1 aliphatic heterocycles. The normalized spacial score (nSPS) is 26.2. The first kappa shape index (κ1) is 13.9. The van der Waals surface area contributed by atoms with E-state index in [9.17, 15) is 0 Å². The molecule has 1 rings (SSSR count). The molecular formula is C13H29N3. The van der Waals surface area contributed by atoms with Gasteiger partial charge in [-0.05, 0) is 63.8 Å². The van der Waals surface area contributed by atoms with Crippen molar-refractivity contribution in [2.75, 3.05) is 39.3 Å². The molecule has 0 aromatic rings. The molecule has 3 nitrogen and oxygen atoms in total. The lowest BCUT2D eigenvalue weighted by molar-refractivity contribution is 0.186. The summed E-state index contributed by atoms with van der Waals surface area (Å²) in [5.41, 5.74) is 5.76. The fourth-order valence-corrected chi connectivity index (χ4v) is 2.74. The third-order valence-corrected chi connectivity index (χ3v) is 3.46. The van der Waals surface area contributed by atoms with E-state index >= 15 is 0 Å². The van der Waals surface area contributed by atoms with E-state index in [1.54, 1.807) is 0 Å². The first-order valence-electron chi connectivity index (χ1n) is 6.93. The van der Waals surface area contributed by atoms with Crippen molar-refractivity contribution in [3.05, 3.63) is 0 Å². The molecule has 3 heteroatoms.